The summed E-state index contributed by atoms with van der Waals surface area (Å²) in [7, 11) is 0. The van der Waals surface area contributed by atoms with E-state index in [0.29, 0.717) is 0 Å². The number of carbonyl (C=O) groups is 1. The Balaban J connectivity index is 1.57. The lowest BCUT2D eigenvalue weighted by atomic mass is 10.1. The molecule has 0 radical (unpaired) electrons. The van der Waals surface area contributed by atoms with Gasteiger partial charge in [-0.25, -0.2) is 0 Å². The lowest BCUT2D eigenvalue weighted by Gasteiger charge is -2.25. The van der Waals surface area contributed by atoms with Crippen molar-refractivity contribution in [2.75, 3.05) is 4.90 Å². The minimum absolute atomic E-state index is 0.120. The van der Waals surface area contributed by atoms with Gasteiger partial charge in [0.15, 0.2) is 11.0 Å². The highest BCUT2D eigenvalue weighted by atomic mass is 32.2. The fraction of sp³-hybridized carbons (Fsp3) is 0.318. The molecule has 0 aliphatic carbocycles. The normalized spacial score (nSPS) is 16.8. The highest BCUT2D eigenvalue weighted by molar-refractivity contribution is 8.00. The zero-order valence-electron chi connectivity index (χ0n) is 16.4. The number of hydrogen-bond donors (Lipinski definition) is 0. The van der Waals surface area contributed by atoms with Gasteiger partial charge >= 0.3 is 0 Å². The van der Waals surface area contributed by atoms with Crippen LogP contribution in [0.5, 0.6) is 0 Å². The Morgan fingerprint density at radius 3 is 2.61 bits per heavy atom. The minimum Gasteiger partial charge on any atom is -0.308 e. The van der Waals surface area contributed by atoms with Crippen LogP contribution < -0.4 is 4.90 Å². The van der Waals surface area contributed by atoms with E-state index in [0.717, 1.165) is 35.2 Å². The van der Waals surface area contributed by atoms with Crippen molar-refractivity contribution in [1.29, 1.82) is 0 Å². The first kappa shape index (κ1) is 18.7. The average Bonchev–Trinajstić information content (AvgIpc) is 3.27. The molecule has 3 aromatic rings. The Morgan fingerprint density at radius 1 is 1.14 bits per heavy atom. The summed E-state index contributed by atoms with van der Waals surface area (Å²) in [6, 6.07) is 18.4. The second-order valence-corrected chi connectivity index (χ2v) is 8.37. The summed E-state index contributed by atoms with van der Waals surface area (Å²) < 4.78 is 2.07. The molecule has 0 saturated heterocycles. The third-order valence-corrected chi connectivity index (χ3v) is 6.21. The van der Waals surface area contributed by atoms with E-state index in [4.69, 9.17) is 0 Å². The van der Waals surface area contributed by atoms with E-state index in [-0.39, 0.29) is 17.2 Å². The standard InChI is InChI=1S/C22H24N4OS/c1-4-25-20(17-10-6-5-7-11-17)23-24-22(25)28-16(3)21(27)26-15(2)14-18-12-8-9-13-19(18)26/h5-13,15-16H,4,14H2,1-3H3/t15-,16+/m0/s1. The predicted octanol–water partition coefficient (Wildman–Crippen LogP) is 4.42. The van der Waals surface area contributed by atoms with Crippen LogP contribution in [0.25, 0.3) is 11.4 Å². The zero-order valence-corrected chi connectivity index (χ0v) is 17.2. The predicted molar refractivity (Wildman–Crippen MR) is 114 cm³/mol. The molecule has 0 spiro atoms. The minimum atomic E-state index is -0.244. The van der Waals surface area contributed by atoms with Crippen LogP contribution in [0.4, 0.5) is 5.69 Å². The van der Waals surface area contributed by atoms with Crippen LogP contribution in [0.3, 0.4) is 0 Å². The Hall–Kier alpha value is -2.60. The molecule has 28 heavy (non-hydrogen) atoms. The monoisotopic (exact) mass is 392 g/mol. The van der Waals surface area contributed by atoms with Crippen molar-refractivity contribution in [3.63, 3.8) is 0 Å². The summed E-state index contributed by atoms with van der Waals surface area (Å²) in [4.78, 5) is 15.2. The molecule has 0 N–H and O–H groups in total. The number of anilines is 1. The van der Waals surface area contributed by atoms with Gasteiger partial charge in [0.05, 0.1) is 5.25 Å². The number of hydrogen-bond acceptors (Lipinski definition) is 4. The summed E-state index contributed by atoms with van der Waals surface area (Å²) in [5, 5.41) is 9.30. The molecule has 0 fully saturated rings. The Morgan fingerprint density at radius 2 is 1.86 bits per heavy atom. The van der Waals surface area contributed by atoms with Crippen molar-refractivity contribution in [2.24, 2.45) is 0 Å². The summed E-state index contributed by atoms with van der Waals surface area (Å²) in [5.74, 6) is 0.958. The maximum atomic E-state index is 13.2. The van der Waals surface area contributed by atoms with E-state index in [1.54, 1.807) is 0 Å². The molecule has 0 saturated carbocycles. The SMILES string of the molecule is CCn1c(S[C@H](C)C(=O)N2c3ccccc3C[C@@H]2C)nnc1-c1ccccc1. The molecule has 5 nitrogen and oxygen atoms in total. The van der Waals surface area contributed by atoms with E-state index < -0.39 is 0 Å². The van der Waals surface area contributed by atoms with Gasteiger partial charge < -0.3 is 9.47 Å². The maximum absolute atomic E-state index is 13.2. The van der Waals surface area contributed by atoms with E-state index in [1.807, 2.05) is 60.4 Å². The molecule has 1 amide bonds. The van der Waals surface area contributed by atoms with Crippen LogP contribution in [0, 0.1) is 0 Å². The molecular formula is C22H24N4OS. The molecule has 1 aliphatic rings. The molecule has 0 bridgehead atoms. The zero-order chi connectivity index (χ0) is 19.7. The van der Waals surface area contributed by atoms with Crippen LogP contribution in [0.15, 0.2) is 59.8 Å². The summed E-state index contributed by atoms with van der Waals surface area (Å²) in [6.45, 7) is 6.89. The number of nitrogens with zero attached hydrogens (tertiary/aromatic N) is 4. The van der Waals surface area contributed by atoms with Crippen molar-refractivity contribution < 1.29 is 4.79 Å². The smallest absolute Gasteiger partial charge is 0.240 e. The topological polar surface area (TPSA) is 51.0 Å². The highest BCUT2D eigenvalue weighted by Crippen LogP contribution is 2.35. The lowest BCUT2D eigenvalue weighted by molar-refractivity contribution is -0.118. The first-order valence-electron chi connectivity index (χ1n) is 9.66. The van der Waals surface area contributed by atoms with Gasteiger partial charge in [-0.3, -0.25) is 4.79 Å². The van der Waals surface area contributed by atoms with Gasteiger partial charge in [0.2, 0.25) is 5.91 Å². The van der Waals surface area contributed by atoms with Crippen molar-refractivity contribution >= 4 is 23.4 Å². The van der Waals surface area contributed by atoms with E-state index in [1.165, 1.54) is 17.3 Å². The number of para-hydroxylation sites is 1. The van der Waals surface area contributed by atoms with E-state index >= 15 is 0 Å². The molecule has 4 rings (SSSR count). The molecule has 6 heteroatoms. The van der Waals surface area contributed by atoms with Crippen LogP contribution in [0.2, 0.25) is 0 Å². The molecule has 1 aliphatic heterocycles. The Kier molecular flexibility index (Phi) is 5.22. The van der Waals surface area contributed by atoms with Crippen molar-refractivity contribution in [2.45, 2.75) is 50.2 Å². The number of carbonyl (C=O) groups excluding carboxylic acids is 1. The maximum Gasteiger partial charge on any atom is 0.240 e. The summed E-state index contributed by atoms with van der Waals surface area (Å²) >= 11 is 1.48. The van der Waals surface area contributed by atoms with Gasteiger partial charge in [0.25, 0.3) is 0 Å². The quantitative estimate of drug-likeness (QED) is 0.603. The number of rotatable bonds is 5. The van der Waals surface area contributed by atoms with E-state index in [9.17, 15) is 4.79 Å². The van der Waals surface area contributed by atoms with Gasteiger partial charge in [0, 0.05) is 23.8 Å². The Labute approximate surface area is 169 Å². The molecule has 1 aromatic heterocycles. The third-order valence-electron chi connectivity index (χ3n) is 5.14. The fourth-order valence-corrected chi connectivity index (χ4v) is 4.73. The highest BCUT2D eigenvalue weighted by Gasteiger charge is 2.34. The van der Waals surface area contributed by atoms with Gasteiger partial charge in [-0.05, 0) is 38.8 Å². The van der Waals surface area contributed by atoms with Crippen molar-refractivity contribution in [1.82, 2.24) is 14.8 Å². The molecule has 2 atom stereocenters. The number of aromatic nitrogens is 3. The van der Waals surface area contributed by atoms with E-state index in [2.05, 4.69) is 34.7 Å². The Bertz CT molecular complexity index is 985. The van der Waals surface area contributed by atoms with Gasteiger partial charge in [0.1, 0.15) is 0 Å². The van der Waals surface area contributed by atoms with Gasteiger partial charge in [-0.1, -0.05) is 60.3 Å². The second-order valence-electron chi connectivity index (χ2n) is 7.07. The molecule has 0 unspecified atom stereocenters. The van der Waals surface area contributed by atoms with Crippen LogP contribution >= 0.6 is 11.8 Å². The van der Waals surface area contributed by atoms with Crippen molar-refractivity contribution in [3.8, 4) is 11.4 Å². The average molecular weight is 393 g/mol. The first-order valence-corrected chi connectivity index (χ1v) is 10.5. The van der Waals surface area contributed by atoms with Crippen LogP contribution in [-0.4, -0.2) is 32.0 Å². The fourth-order valence-electron chi connectivity index (χ4n) is 3.77. The number of fused-ring (bicyclic) bond motifs is 1. The molecule has 2 heterocycles. The third kappa shape index (κ3) is 3.33. The first-order chi connectivity index (χ1) is 13.6. The molecule has 144 valence electrons. The van der Waals surface area contributed by atoms with Gasteiger partial charge in [-0.2, -0.15) is 0 Å². The largest absolute Gasteiger partial charge is 0.308 e. The lowest BCUT2D eigenvalue weighted by Crippen LogP contribution is -2.40. The number of thioether (sulfide) groups is 1. The summed E-state index contributed by atoms with van der Waals surface area (Å²) in [6.07, 6.45) is 0.905. The second kappa shape index (κ2) is 7.80. The number of amides is 1. The summed E-state index contributed by atoms with van der Waals surface area (Å²) in [5.41, 5.74) is 3.31. The van der Waals surface area contributed by atoms with Gasteiger partial charge in [-0.15, -0.1) is 10.2 Å². The van der Waals surface area contributed by atoms with Crippen LogP contribution in [-0.2, 0) is 17.8 Å². The molecular weight excluding hydrogens is 368 g/mol. The molecule has 2 aromatic carbocycles. The van der Waals surface area contributed by atoms with Crippen molar-refractivity contribution in [3.05, 3.63) is 60.2 Å². The van der Waals surface area contributed by atoms with Crippen LogP contribution in [0.1, 0.15) is 26.3 Å². The number of benzene rings is 2.